The third-order valence-corrected chi connectivity index (χ3v) is 4.16. The number of halogens is 1. The van der Waals surface area contributed by atoms with Gasteiger partial charge in [0.05, 0.1) is 12.1 Å². The molecule has 1 saturated heterocycles. The van der Waals surface area contributed by atoms with Crippen molar-refractivity contribution in [1.29, 1.82) is 0 Å². The average molecular weight is 309 g/mol. The summed E-state index contributed by atoms with van der Waals surface area (Å²) < 4.78 is 5.18. The molecule has 3 nitrogen and oxygen atoms in total. The zero-order valence-electron chi connectivity index (χ0n) is 13.2. The first-order valence-electron chi connectivity index (χ1n) is 7.54. The number of rotatable bonds is 5. The van der Waals surface area contributed by atoms with E-state index in [9.17, 15) is 0 Å². The van der Waals surface area contributed by atoms with Gasteiger partial charge in [0.25, 0.3) is 0 Å². The number of piperidine rings is 1. The van der Waals surface area contributed by atoms with Crippen molar-refractivity contribution >= 4 is 17.3 Å². The number of hydrogen-bond donors (Lipinski definition) is 1. The number of anilines is 1. The summed E-state index contributed by atoms with van der Waals surface area (Å²) in [7, 11) is 1.64. The maximum atomic E-state index is 6.16. The third kappa shape index (κ3) is 4.94. The van der Waals surface area contributed by atoms with Crippen molar-refractivity contribution in [3.63, 3.8) is 0 Å². The Balaban J connectivity index is 1.83. The third-order valence-electron chi connectivity index (χ3n) is 3.87. The molecule has 0 unspecified atom stereocenters. The second kappa shape index (κ2) is 7.71. The van der Waals surface area contributed by atoms with Crippen molar-refractivity contribution < 1.29 is 4.74 Å². The minimum Gasteiger partial charge on any atom is -0.495 e. The minimum atomic E-state index is 0.525. The molecule has 0 aromatic heterocycles. The second-order valence-electron chi connectivity index (χ2n) is 5.85. The Morgan fingerprint density at radius 2 is 2.10 bits per heavy atom. The molecule has 0 spiro atoms. The van der Waals surface area contributed by atoms with Gasteiger partial charge < -0.3 is 10.1 Å². The Morgan fingerprint density at radius 1 is 1.38 bits per heavy atom. The van der Waals surface area contributed by atoms with Crippen LogP contribution in [-0.4, -0.2) is 37.7 Å². The van der Waals surface area contributed by atoms with Crippen LogP contribution in [-0.2, 0) is 0 Å². The lowest BCUT2D eigenvalue weighted by Crippen LogP contribution is -2.39. The second-order valence-corrected chi connectivity index (χ2v) is 6.26. The van der Waals surface area contributed by atoms with E-state index < -0.39 is 0 Å². The fourth-order valence-electron chi connectivity index (χ4n) is 2.56. The molecule has 1 aromatic rings. The highest BCUT2D eigenvalue weighted by molar-refractivity contribution is 6.32. The standard InChI is InChI=1S/C17H25ClN2O/c1-13(2)6-9-20-10-7-14(8-11-20)19-15-4-5-17(21-3)16(18)12-15/h4-6,12,14,19H,7-11H2,1-3H3. The lowest BCUT2D eigenvalue weighted by atomic mass is 10.0. The molecular formula is C17H25ClN2O. The molecule has 1 fully saturated rings. The largest absolute Gasteiger partial charge is 0.495 e. The van der Waals surface area contributed by atoms with Crippen molar-refractivity contribution in [2.75, 3.05) is 32.1 Å². The Hall–Kier alpha value is -1.19. The highest BCUT2D eigenvalue weighted by atomic mass is 35.5. The van der Waals surface area contributed by atoms with E-state index in [1.165, 1.54) is 18.4 Å². The molecule has 0 radical (unpaired) electrons. The highest BCUT2D eigenvalue weighted by Crippen LogP contribution is 2.28. The molecule has 21 heavy (non-hydrogen) atoms. The van der Waals surface area contributed by atoms with Gasteiger partial charge in [0.1, 0.15) is 5.75 Å². The summed E-state index contributed by atoms with van der Waals surface area (Å²) >= 11 is 6.16. The topological polar surface area (TPSA) is 24.5 Å². The van der Waals surface area contributed by atoms with E-state index in [0.717, 1.165) is 31.1 Å². The SMILES string of the molecule is COc1ccc(NC2CCN(CC=C(C)C)CC2)cc1Cl. The molecule has 1 aliphatic heterocycles. The van der Waals surface area contributed by atoms with Gasteiger partial charge in [-0.15, -0.1) is 0 Å². The molecule has 0 aliphatic carbocycles. The molecule has 0 atom stereocenters. The van der Waals surface area contributed by atoms with E-state index in [-0.39, 0.29) is 0 Å². The summed E-state index contributed by atoms with van der Waals surface area (Å²) in [6.45, 7) is 7.67. The number of allylic oxidation sites excluding steroid dienone is 1. The molecule has 1 aromatic carbocycles. The maximum absolute atomic E-state index is 6.16. The first-order chi connectivity index (χ1) is 10.1. The summed E-state index contributed by atoms with van der Waals surface area (Å²) in [4.78, 5) is 2.51. The van der Waals surface area contributed by atoms with Crippen LogP contribution >= 0.6 is 11.6 Å². The molecule has 1 aliphatic rings. The molecule has 0 bridgehead atoms. The van der Waals surface area contributed by atoms with Crippen molar-refractivity contribution in [2.45, 2.75) is 32.7 Å². The Bertz CT molecular complexity index is 490. The molecular weight excluding hydrogens is 284 g/mol. The molecule has 4 heteroatoms. The number of benzene rings is 1. The van der Waals surface area contributed by atoms with Crippen LogP contribution in [0.5, 0.6) is 5.75 Å². The van der Waals surface area contributed by atoms with Gasteiger partial charge in [-0.3, -0.25) is 4.90 Å². The van der Waals surface area contributed by atoms with Gasteiger partial charge in [-0.2, -0.15) is 0 Å². The van der Waals surface area contributed by atoms with Gasteiger partial charge in [0.2, 0.25) is 0 Å². The van der Waals surface area contributed by atoms with Gasteiger partial charge in [-0.1, -0.05) is 23.3 Å². The van der Waals surface area contributed by atoms with Crippen molar-refractivity contribution in [3.8, 4) is 5.75 Å². The number of ether oxygens (including phenoxy) is 1. The summed E-state index contributed by atoms with van der Waals surface area (Å²) in [5, 5.41) is 4.23. The summed E-state index contributed by atoms with van der Waals surface area (Å²) in [5.41, 5.74) is 2.46. The highest BCUT2D eigenvalue weighted by Gasteiger charge is 2.18. The molecule has 1 N–H and O–H groups in total. The van der Waals surface area contributed by atoms with Crippen molar-refractivity contribution in [1.82, 2.24) is 4.90 Å². The Labute approximate surface area is 132 Å². The number of nitrogens with one attached hydrogen (secondary N) is 1. The van der Waals surface area contributed by atoms with Gasteiger partial charge in [0, 0.05) is 31.4 Å². The number of methoxy groups -OCH3 is 1. The smallest absolute Gasteiger partial charge is 0.137 e. The normalized spacial score (nSPS) is 16.6. The first-order valence-corrected chi connectivity index (χ1v) is 7.92. The van der Waals surface area contributed by atoms with Crippen LogP contribution in [0.1, 0.15) is 26.7 Å². The molecule has 0 amide bonds. The zero-order valence-corrected chi connectivity index (χ0v) is 13.9. The van der Waals surface area contributed by atoms with E-state index in [2.05, 4.69) is 30.1 Å². The lowest BCUT2D eigenvalue weighted by Gasteiger charge is -2.32. The molecule has 116 valence electrons. The molecule has 0 saturated carbocycles. The van der Waals surface area contributed by atoms with Crippen LogP contribution in [0.3, 0.4) is 0 Å². The van der Waals surface area contributed by atoms with E-state index in [0.29, 0.717) is 11.1 Å². The fourth-order valence-corrected chi connectivity index (χ4v) is 2.82. The van der Waals surface area contributed by atoms with E-state index >= 15 is 0 Å². The van der Waals surface area contributed by atoms with E-state index in [1.54, 1.807) is 7.11 Å². The first kappa shape index (κ1) is 16.2. The maximum Gasteiger partial charge on any atom is 0.137 e. The number of likely N-dealkylation sites (tertiary alicyclic amines) is 1. The summed E-state index contributed by atoms with van der Waals surface area (Å²) in [6, 6.07) is 6.41. The Kier molecular flexibility index (Phi) is 5.95. The Morgan fingerprint density at radius 3 is 2.67 bits per heavy atom. The van der Waals surface area contributed by atoms with Gasteiger partial charge >= 0.3 is 0 Å². The quantitative estimate of drug-likeness (QED) is 0.825. The van der Waals surface area contributed by atoms with E-state index in [1.807, 2.05) is 18.2 Å². The molecule has 1 heterocycles. The fraction of sp³-hybridized carbons (Fsp3) is 0.529. The summed E-state index contributed by atoms with van der Waals surface area (Å²) in [6.07, 6.45) is 4.64. The average Bonchev–Trinajstić information content (AvgIpc) is 2.47. The van der Waals surface area contributed by atoms with Gasteiger partial charge in [-0.05, 0) is 44.9 Å². The zero-order chi connectivity index (χ0) is 15.2. The number of hydrogen-bond acceptors (Lipinski definition) is 3. The summed E-state index contributed by atoms with van der Waals surface area (Å²) in [5.74, 6) is 0.721. The monoisotopic (exact) mass is 308 g/mol. The van der Waals surface area contributed by atoms with E-state index in [4.69, 9.17) is 16.3 Å². The van der Waals surface area contributed by atoms with Crippen LogP contribution in [0.25, 0.3) is 0 Å². The van der Waals surface area contributed by atoms with Crippen molar-refractivity contribution in [2.24, 2.45) is 0 Å². The van der Waals surface area contributed by atoms with Crippen LogP contribution in [0, 0.1) is 0 Å². The molecule has 2 rings (SSSR count). The van der Waals surface area contributed by atoms with Crippen LogP contribution < -0.4 is 10.1 Å². The van der Waals surface area contributed by atoms with Gasteiger partial charge in [-0.25, -0.2) is 0 Å². The number of nitrogens with zero attached hydrogens (tertiary/aromatic N) is 1. The van der Waals surface area contributed by atoms with Crippen LogP contribution in [0.4, 0.5) is 5.69 Å². The van der Waals surface area contributed by atoms with Crippen LogP contribution in [0.15, 0.2) is 29.8 Å². The lowest BCUT2D eigenvalue weighted by molar-refractivity contribution is 0.240. The van der Waals surface area contributed by atoms with Crippen molar-refractivity contribution in [3.05, 3.63) is 34.9 Å². The predicted molar refractivity (Wildman–Crippen MR) is 90.5 cm³/mol. The predicted octanol–water partition coefficient (Wildman–Crippen LogP) is 4.19. The van der Waals surface area contributed by atoms with Gasteiger partial charge in [0.15, 0.2) is 0 Å². The minimum absolute atomic E-state index is 0.525. The van der Waals surface area contributed by atoms with Crippen LogP contribution in [0.2, 0.25) is 5.02 Å².